The first-order valence-corrected chi connectivity index (χ1v) is 14.5. The van der Waals surface area contributed by atoms with E-state index in [0.717, 1.165) is 48.9 Å². The van der Waals surface area contributed by atoms with E-state index in [1.165, 1.54) is 19.3 Å². The Bertz CT molecular complexity index is 1610. The third-order valence-corrected chi connectivity index (χ3v) is 9.74. The van der Waals surface area contributed by atoms with Gasteiger partial charge in [-0.2, -0.15) is 15.1 Å². The molecule has 1 saturated carbocycles. The Morgan fingerprint density at radius 1 is 1.10 bits per heavy atom. The Kier molecular flexibility index (Phi) is 5.52. The fraction of sp³-hybridized carbons (Fsp3) is 0.533. The summed E-state index contributed by atoms with van der Waals surface area (Å²) < 4.78 is 37.2. The number of nitrogens with one attached hydrogen (secondary N) is 1. The largest absolute Gasteiger partial charge is 0.461 e. The average molecular weight is 546 g/mol. The molecular formula is C30H33F2N7O. The topological polar surface area (TPSA) is 83.1 Å². The molecule has 8 nitrogen and oxygen atoms in total. The second-order valence-corrected chi connectivity index (χ2v) is 12.5. The highest BCUT2D eigenvalue weighted by molar-refractivity contribution is 5.98. The predicted molar refractivity (Wildman–Crippen MR) is 149 cm³/mol. The maximum absolute atomic E-state index is 16.5. The summed E-state index contributed by atoms with van der Waals surface area (Å²) in [6, 6.07) is 4.06. The minimum atomic E-state index is -0.846. The van der Waals surface area contributed by atoms with Gasteiger partial charge in [0.1, 0.15) is 29.8 Å². The number of alkyl halides is 1. The molecule has 2 bridgehead atoms. The Morgan fingerprint density at radius 2 is 1.95 bits per heavy atom. The van der Waals surface area contributed by atoms with Crippen LogP contribution in [-0.2, 0) is 0 Å². The normalized spacial score (nSPS) is 28.2. The van der Waals surface area contributed by atoms with Crippen molar-refractivity contribution in [2.45, 2.75) is 57.2 Å². The van der Waals surface area contributed by atoms with Crippen LogP contribution in [0.4, 0.5) is 14.6 Å². The summed E-state index contributed by atoms with van der Waals surface area (Å²) in [5, 5.41) is 8.55. The fourth-order valence-corrected chi connectivity index (χ4v) is 7.94. The van der Waals surface area contributed by atoms with Gasteiger partial charge < -0.3 is 9.64 Å². The number of nitrogens with zero attached hydrogens (tertiary/aromatic N) is 6. The molecule has 0 spiro atoms. The number of benzene rings is 1. The van der Waals surface area contributed by atoms with Gasteiger partial charge in [-0.3, -0.25) is 15.0 Å². The number of fused-ring (bicyclic) bond motifs is 5. The first-order valence-electron chi connectivity index (χ1n) is 14.5. The lowest BCUT2D eigenvalue weighted by Gasteiger charge is -2.34. The van der Waals surface area contributed by atoms with Gasteiger partial charge >= 0.3 is 6.01 Å². The Hall–Kier alpha value is -3.40. The number of halogens is 2. The van der Waals surface area contributed by atoms with Crippen molar-refractivity contribution in [1.29, 1.82) is 0 Å². The number of hydrogen-bond donors (Lipinski definition) is 1. The third-order valence-electron chi connectivity index (χ3n) is 9.74. The summed E-state index contributed by atoms with van der Waals surface area (Å²) in [6.45, 7) is 5.38. The Morgan fingerprint density at radius 3 is 2.80 bits per heavy atom. The van der Waals surface area contributed by atoms with Gasteiger partial charge in [0, 0.05) is 43.2 Å². The third kappa shape index (κ3) is 3.86. The maximum Gasteiger partial charge on any atom is 0.319 e. The van der Waals surface area contributed by atoms with E-state index in [9.17, 15) is 4.39 Å². The number of pyridine rings is 1. The van der Waals surface area contributed by atoms with Gasteiger partial charge in [0.15, 0.2) is 5.82 Å². The summed E-state index contributed by atoms with van der Waals surface area (Å²) >= 11 is 0. The summed E-state index contributed by atoms with van der Waals surface area (Å²) in [5.41, 5.74) is 2.58. The fourth-order valence-electron chi connectivity index (χ4n) is 7.94. The highest BCUT2D eigenvalue weighted by Gasteiger charge is 2.49. The molecule has 2 unspecified atom stereocenters. The molecule has 1 aliphatic carbocycles. The number of piperidine rings is 1. The van der Waals surface area contributed by atoms with Crippen LogP contribution in [0.3, 0.4) is 0 Å². The Balaban J connectivity index is 1.24. The number of H-pyrrole nitrogens is 1. The van der Waals surface area contributed by atoms with E-state index in [4.69, 9.17) is 9.72 Å². The van der Waals surface area contributed by atoms with Crippen LogP contribution >= 0.6 is 0 Å². The standard InChI is InChI=1S/C30H33F2N7O/c1-17-7-21(22-12-34-37-24(22)8-17)26-25(32)27-23(11-33-26)28(38-13-18-3-4-19(9-18)14-38)36-29(35-27)40-16-30-5-2-6-39(30)15-20(31)10-30/h7-8,11-12,18-20H,2-6,9-10,13-16H2,1H3,(H,34,37)/t18?,19?,20-,30+/m1/s1. The van der Waals surface area contributed by atoms with Crippen molar-refractivity contribution >= 4 is 27.6 Å². The summed E-state index contributed by atoms with van der Waals surface area (Å²) in [4.78, 5) is 18.6. The van der Waals surface area contributed by atoms with E-state index in [-0.39, 0.29) is 22.8 Å². The lowest BCUT2D eigenvalue weighted by molar-refractivity contribution is 0.107. The molecule has 1 aromatic carbocycles. The van der Waals surface area contributed by atoms with Crippen LogP contribution in [0.15, 0.2) is 24.5 Å². The molecule has 4 aliphatic rings. The molecule has 4 fully saturated rings. The SMILES string of the molecule is Cc1cc(-c2ncc3c(N4CC5CCC(C5)C4)nc(OC[C@@]45CCCN4C[C@H](F)C5)nc3c2F)c2cn[nH]c2c1. The summed E-state index contributed by atoms with van der Waals surface area (Å²) in [5.74, 6) is 1.43. The first-order chi connectivity index (χ1) is 19.5. The number of hydrogen-bond acceptors (Lipinski definition) is 7. The van der Waals surface area contributed by atoms with Crippen LogP contribution in [0.25, 0.3) is 33.1 Å². The highest BCUT2D eigenvalue weighted by atomic mass is 19.1. The number of aromatic nitrogens is 5. The summed E-state index contributed by atoms with van der Waals surface area (Å²) in [7, 11) is 0. The number of aryl methyl sites for hydroxylation is 1. The van der Waals surface area contributed by atoms with E-state index in [1.54, 1.807) is 12.4 Å². The van der Waals surface area contributed by atoms with Crippen LogP contribution in [0.2, 0.25) is 0 Å². The van der Waals surface area contributed by atoms with Crippen molar-refractivity contribution in [3.05, 3.63) is 35.9 Å². The van der Waals surface area contributed by atoms with Crippen molar-refractivity contribution in [2.75, 3.05) is 37.7 Å². The highest BCUT2D eigenvalue weighted by Crippen LogP contribution is 2.42. The van der Waals surface area contributed by atoms with E-state index in [1.807, 2.05) is 19.1 Å². The van der Waals surface area contributed by atoms with Gasteiger partial charge in [-0.25, -0.2) is 8.78 Å². The monoisotopic (exact) mass is 545 g/mol. The van der Waals surface area contributed by atoms with Crippen molar-refractivity contribution < 1.29 is 13.5 Å². The van der Waals surface area contributed by atoms with Crippen molar-refractivity contribution in [3.8, 4) is 17.3 Å². The smallest absolute Gasteiger partial charge is 0.319 e. The molecule has 4 atom stereocenters. The van der Waals surface area contributed by atoms with Crippen LogP contribution in [0.5, 0.6) is 6.01 Å². The van der Waals surface area contributed by atoms with E-state index in [0.29, 0.717) is 48.2 Å². The first kappa shape index (κ1) is 24.4. The van der Waals surface area contributed by atoms with Crippen molar-refractivity contribution in [2.24, 2.45) is 11.8 Å². The van der Waals surface area contributed by atoms with Gasteiger partial charge in [-0.1, -0.05) is 0 Å². The molecular weight excluding hydrogens is 512 g/mol. The zero-order chi connectivity index (χ0) is 27.0. The van der Waals surface area contributed by atoms with Gasteiger partial charge in [0.05, 0.1) is 22.6 Å². The number of anilines is 1. The molecule has 3 saturated heterocycles. The zero-order valence-electron chi connectivity index (χ0n) is 22.7. The molecule has 1 N–H and O–H groups in total. The van der Waals surface area contributed by atoms with E-state index < -0.39 is 12.0 Å². The minimum absolute atomic E-state index is 0.151. The molecule has 8 rings (SSSR count). The van der Waals surface area contributed by atoms with Gasteiger partial charge in [0.2, 0.25) is 0 Å². The molecule has 3 aromatic heterocycles. The molecule has 0 amide bonds. The second kappa shape index (κ2) is 9.06. The van der Waals surface area contributed by atoms with Crippen molar-refractivity contribution in [3.63, 3.8) is 0 Å². The molecule has 3 aliphatic heterocycles. The Labute approximate surface area is 231 Å². The van der Waals surface area contributed by atoms with Crippen LogP contribution in [0, 0.1) is 24.6 Å². The minimum Gasteiger partial charge on any atom is -0.461 e. The van der Waals surface area contributed by atoms with Crippen LogP contribution in [-0.4, -0.2) is 74.5 Å². The van der Waals surface area contributed by atoms with Crippen LogP contribution < -0.4 is 9.64 Å². The lowest BCUT2D eigenvalue weighted by Crippen LogP contribution is -2.43. The quantitative estimate of drug-likeness (QED) is 0.369. The zero-order valence-corrected chi connectivity index (χ0v) is 22.7. The number of ether oxygens (including phenoxy) is 1. The number of aromatic amines is 1. The van der Waals surface area contributed by atoms with E-state index in [2.05, 4.69) is 30.0 Å². The molecule has 40 heavy (non-hydrogen) atoms. The van der Waals surface area contributed by atoms with Crippen LogP contribution in [0.1, 0.15) is 44.1 Å². The van der Waals surface area contributed by atoms with Gasteiger partial charge in [-0.15, -0.1) is 0 Å². The lowest BCUT2D eigenvalue weighted by atomic mass is 9.95. The second-order valence-electron chi connectivity index (χ2n) is 12.5. The average Bonchev–Trinajstić information content (AvgIpc) is 3.70. The van der Waals surface area contributed by atoms with Gasteiger partial charge in [-0.05, 0) is 75.1 Å². The maximum atomic E-state index is 16.5. The molecule has 6 heterocycles. The molecule has 10 heteroatoms. The summed E-state index contributed by atoms with van der Waals surface area (Å²) in [6.07, 6.45) is 8.63. The molecule has 208 valence electrons. The molecule has 0 radical (unpaired) electrons. The molecule has 4 aromatic rings. The van der Waals surface area contributed by atoms with E-state index >= 15 is 4.39 Å². The predicted octanol–water partition coefficient (Wildman–Crippen LogP) is 5.21. The number of rotatable bonds is 5. The van der Waals surface area contributed by atoms with Gasteiger partial charge in [0.25, 0.3) is 0 Å². The van der Waals surface area contributed by atoms with Crippen molar-refractivity contribution in [1.82, 2.24) is 30.0 Å².